The smallest absolute Gasteiger partial charge is 0.180 e. The first-order chi connectivity index (χ1) is 6.56. The maximum Gasteiger partial charge on any atom is 0.180 e. The van der Waals surface area contributed by atoms with Crippen molar-refractivity contribution in [2.45, 2.75) is 26.8 Å². The van der Waals surface area contributed by atoms with Gasteiger partial charge in [-0.1, -0.05) is 0 Å². The van der Waals surface area contributed by atoms with Gasteiger partial charge >= 0.3 is 0 Å². The highest BCUT2D eigenvalue weighted by atomic mass is 16.1. The van der Waals surface area contributed by atoms with Gasteiger partial charge in [0.2, 0.25) is 0 Å². The van der Waals surface area contributed by atoms with Crippen LogP contribution in [-0.4, -0.2) is 23.9 Å². The van der Waals surface area contributed by atoms with Crippen molar-refractivity contribution in [3.05, 3.63) is 29.1 Å². The van der Waals surface area contributed by atoms with E-state index in [0.717, 1.165) is 11.3 Å². The largest absolute Gasteiger partial charge is 0.310 e. The molecular formula is C11H16N2O. The van der Waals surface area contributed by atoms with Gasteiger partial charge in [0.1, 0.15) is 0 Å². The SMILES string of the molecule is CNC(C)C(=O)c1cnc(C)c(C)c1. The second kappa shape index (κ2) is 4.33. The topological polar surface area (TPSA) is 42.0 Å². The number of likely N-dealkylation sites (N-methyl/N-ethyl adjacent to an activating group) is 1. The van der Waals surface area contributed by atoms with Crippen LogP contribution in [-0.2, 0) is 0 Å². The van der Waals surface area contributed by atoms with Crippen molar-refractivity contribution in [2.75, 3.05) is 7.05 Å². The number of ketones is 1. The van der Waals surface area contributed by atoms with Crippen LogP contribution in [0, 0.1) is 13.8 Å². The number of nitrogens with one attached hydrogen (secondary N) is 1. The third kappa shape index (κ3) is 2.17. The van der Waals surface area contributed by atoms with E-state index in [1.807, 2.05) is 26.8 Å². The molecule has 0 amide bonds. The number of aromatic nitrogens is 1. The van der Waals surface area contributed by atoms with E-state index in [9.17, 15) is 4.79 Å². The zero-order valence-corrected chi connectivity index (χ0v) is 9.09. The molecule has 0 saturated carbocycles. The summed E-state index contributed by atoms with van der Waals surface area (Å²) in [5.74, 6) is 0.0862. The summed E-state index contributed by atoms with van der Waals surface area (Å²) in [6.45, 7) is 5.74. The second-order valence-electron chi connectivity index (χ2n) is 3.50. The molecule has 1 aromatic heterocycles. The van der Waals surface area contributed by atoms with Crippen LogP contribution in [0.3, 0.4) is 0 Å². The fourth-order valence-electron chi connectivity index (χ4n) is 1.16. The molecule has 0 aliphatic rings. The van der Waals surface area contributed by atoms with Gasteiger partial charge in [0.05, 0.1) is 6.04 Å². The lowest BCUT2D eigenvalue weighted by atomic mass is 10.1. The van der Waals surface area contributed by atoms with E-state index < -0.39 is 0 Å². The first kappa shape index (κ1) is 10.9. The van der Waals surface area contributed by atoms with Crippen molar-refractivity contribution in [1.29, 1.82) is 0 Å². The lowest BCUT2D eigenvalue weighted by Crippen LogP contribution is -2.30. The van der Waals surface area contributed by atoms with Crippen LogP contribution >= 0.6 is 0 Å². The average molecular weight is 192 g/mol. The van der Waals surface area contributed by atoms with Crippen molar-refractivity contribution >= 4 is 5.78 Å². The van der Waals surface area contributed by atoms with Crippen molar-refractivity contribution < 1.29 is 4.79 Å². The van der Waals surface area contributed by atoms with Gasteiger partial charge in [0.15, 0.2) is 5.78 Å². The Kier molecular flexibility index (Phi) is 3.36. The average Bonchev–Trinajstić information content (AvgIpc) is 2.20. The van der Waals surface area contributed by atoms with E-state index in [1.54, 1.807) is 13.2 Å². The van der Waals surface area contributed by atoms with Gasteiger partial charge in [0.25, 0.3) is 0 Å². The van der Waals surface area contributed by atoms with Crippen molar-refractivity contribution in [3.8, 4) is 0 Å². The lowest BCUT2D eigenvalue weighted by Gasteiger charge is -2.09. The normalized spacial score (nSPS) is 12.6. The quantitative estimate of drug-likeness (QED) is 0.738. The number of Topliss-reactive ketones (excluding diaryl/α,β-unsaturated/α-hetero) is 1. The molecule has 0 radical (unpaired) electrons. The van der Waals surface area contributed by atoms with Crippen LogP contribution in [0.1, 0.15) is 28.5 Å². The zero-order valence-electron chi connectivity index (χ0n) is 9.09. The van der Waals surface area contributed by atoms with Crippen molar-refractivity contribution in [2.24, 2.45) is 0 Å². The predicted molar refractivity (Wildman–Crippen MR) is 56.6 cm³/mol. The minimum absolute atomic E-state index is 0.0862. The molecule has 0 aromatic carbocycles. The number of rotatable bonds is 3. The molecule has 0 saturated heterocycles. The summed E-state index contributed by atoms with van der Waals surface area (Å²) in [5.41, 5.74) is 2.70. The Bertz CT molecular complexity index is 347. The number of hydrogen-bond donors (Lipinski definition) is 1. The number of aryl methyl sites for hydroxylation is 2. The van der Waals surface area contributed by atoms with Crippen LogP contribution in [0.25, 0.3) is 0 Å². The molecule has 1 atom stereocenters. The number of carbonyl (C=O) groups is 1. The van der Waals surface area contributed by atoms with Crippen molar-refractivity contribution in [1.82, 2.24) is 10.3 Å². The number of hydrogen-bond acceptors (Lipinski definition) is 3. The highest BCUT2D eigenvalue weighted by molar-refractivity contribution is 5.99. The Morgan fingerprint density at radius 1 is 1.50 bits per heavy atom. The predicted octanol–water partition coefficient (Wildman–Crippen LogP) is 1.49. The molecule has 0 bridgehead atoms. The second-order valence-corrected chi connectivity index (χ2v) is 3.50. The number of pyridine rings is 1. The van der Waals surface area contributed by atoms with Gasteiger partial charge in [-0.25, -0.2) is 0 Å². The van der Waals surface area contributed by atoms with Crippen LogP contribution in [0.5, 0.6) is 0 Å². The molecule has 0 fully saturated rings. The van der Waals surface area contributed by atoms with Gasteiger partial charge in [-0.2, -0.15) is 0 Å². The van der Waals surface area contributed by atoms with Gasteiger partial charge < -0.3 is 5.32 Å². The monoisotopic (exact) mass is 192 g/mol. The number of carbonyl (C=O) groups excluding carboxylic acids is 1. The molecule has 3 heteroatoms. The fraction of sp³-hybridized carbons (Fsp3) is 0.455. The highest BCUT2D eigenvalue weighted by Gasteiger charge is 2.13. The van der Waals surface area contributed by atoms with Gasteiger partial charge in [0, 0.05) is 17.5 Å². The lowest BCUT2D eigenvalue weighted by molar-refractivity contribution is 0.0954. The third-order valence-electron chi connectivity index (χ3n) is 2.45. The van der Waals surface area contributed by atoms with Crippen LogP contribution in [0.2, 0.25) is 0 Å². The van der Waals surface area contributed by atoms with E-state index in [-0.39, 0.29) is 11.8 Å². The molecule has 0 spiro atoms. The summed E-state index contributed by atoms with van der Waals surface area (Å²) < 4.78 is 0. The Balaban J connectivity index is 2.97. The highest BCUT2D eigenvalue weighted by Crippen LogP contribution is 2.08. The molecule has 1 N–H and O–H groups in total. The molecule has 1 unspecified atom stereocenters. The van der Waals surface area contributed by atoms with Crippen LogP contribution in [0.15, 0.2) is 12.3 Å². The first-order valence-corrected chi connectivity index (χ1v) is 4.71. The van der Waals surface area contributed by atoms with Crippen LogP contribution < -0.4 is 5.32 Å². The summed E-state index contributed by atoms with van der Waals surface area (Å²) in [5, 5.41) is 2.92. The minimum Gasteiger partial charge on any atom is -0.310 e. The minimum atomic E-state index is -0.154. The Labute approximate surface area is 84.6 Å². The summed E-state index contributed by atoms with van der Waals surface area (Å²) in [6.07, 6.45) is 1.64. The van der Waals surface area contributed by atoms with Crippen LogP contribution in [0.4, 0.5) is 0 Å². The maximum atomic E-state index is 11.7. The Hall–Kier alpha value is -1.22. The van der Waals surface area contributed by atoms with E-state index in [1.165, 1.54) is 0 Å². The summed E-state index contributed by atoms with van der Waals surface area (Å²) in [6, 6.07) is 1.73. The van der Waals surface area contributed by atoms with Gasteiger partial charge in [-0.15, -0.1) is 0 Å². The standard InChI is InChI=1S/C11H16N2O/c1-7-5-10(6-13-8(7)2)11(14)9(3)12-4/h5-6,9,12H,1-4H3. The zero-order chi connectivity index (χ0) is 10.7. The van der Waals surface area contributed by atoms with Gasteiger partial charge in [-0.05, 0) is 39.4 Å². The number of nitrogens with zero attached hydrogens (tertiary/aromatic N) is 1. The summed E-state index contributed by atoms with van der Waals surface area (Å²) in [7, 11) is 1.77. The van der Waals surface area contributed by atoms with E-state index >= 15 is 0 Å². The maximum absolute atomic E-state index is 11.7. The van der Waals surface area contributed by atoms with Crippen molar-refractivity contribution in [3.63, 3.8) is 0 Å². The van der Waals surface area contributed by atoms with E-state index in [0.29, 0.717) is 5.56 Å². The third-order valence-corrected chi connectivity index (χ3v) is 2.45. The Morgan fingerprint density at radius 2 is 2.14 bits per heavy atom. The van der Waals surface area contributed by atoms with E-state index in [4.69, 9.17) is 0 Å². The molecule has 3 nitrogen and oxygen atoms in total. The molecule has 1 rings (SSSR count). The van der Waals surface area contributed by atoms with E-state index in [2.05, 4.69) is 10.3 Å². The molecular weight excluding hydrogens is 176 g/mol. The Morgan fingerprint density at radius 3 is 2.64 bits per heavy atom. The first-order valence-electron chi connectivity index (χ1n) is 4.71. The molecule has 0 aliphatic heterocycles. The molecule has 0 aliphatic carbocycles. The molecule has 1 heterocycles. The fourth-order valence-corrected chi connectivity index (χ4v) is 1.16. The summed E-state index contributed by atoms with van der Waals surface area (Å²) >= 11 is 0. The van der Waals surface area contributed by atoms with Gasteiger partial charge in [-0.3, -0.25) is 9.78 Å². The molecule has 76 valence electrons. The molecule has 14 heavy (non-hydrogen) atoms. The molecule has 1 aromatic rings. The summed E-state index contributed by atoms with van der Waals surface area (Å²) in [4.78, 5) is 15.9.